The molecule has 0 aromatic heterocycles. The van der Waals surface area contributed by atoms with Crippen LogP contribution in [-0.4, -0.2) is 70.0 Å². The highest BCUT2D eigenvalue weighted by Crippen LogP contribution is 2.12. The fourth-order valence-electron chi connectivity index (χ4n) is 2.63. The molecular weight excluding hydrogens is 374 g/mol. The standard InChI is InChI=1S/C14H27N3O4S2.ClH/c18-14(9-12-11-22-7-4-15-12)16-5-8-23(19,20)17-10-13-3-1-2-6-21-13;/h12-13,15,17H,1-11H2,(H,16,18);1H. The molecule has 0 bridgehead atoms. The molecule has 2 unspecified atom stereocenters. The summed E-state index contributed by atoms with van der Waals surface area (Å²) in [7, 11) is -3.37. The largest absolute Gasteiger partial charge is 0.377 e. The number of amides is 1. The number of rotatable bonds is 8. The minimum absolute atomic E-state index is 0. The second-order valence-electron chi connectivity index (χ2n) is 5.94. The zero-order valence-electron chi connectivity index (χ0n) is 13.8. The summed E-state index contributed by atoms with van der Waals surface area (Å²) < 4.78 is 31.9. The summed E-state index contributed by atoms with van der Waals surface area (Å²) in [5.41, 5.74) is 0. The Morgan fingerprint density at radius 1 is 1.33 bits per heavy atom. The van der Waals surface area contributed by atoms with Gasteiger partial charge in [-0.05, 0) is 19.3 Å². The molecule has 0 radical (unpaired) electrons. The summed E-state index contributed by atoms with van der Waals surface area (Å²) in [5, 5.41) is 5.97. The van der Waals surface area contributed by atoms with E-state index in [4.69, 9.17) is 4.74 Å². The van der Waals surface area contributed by atoms with Crippen LogP contribution in [0.15, 0.2) is 0 Å². The van der Waals surface area contributed by atoms with Crippen molar-refractivity contribution >= 4 is 40.1 Å². The van der Waals surface area contributed by atoms with Crippen molar-refractivity contribution in [3.63, 3.8) is 0 Å². The molecular formula is C14H28ClN3O4S2. The van der Waals surface area contributed by atoms with E-state index < -0.39 is 10.0 Å². The lowest BCUT2D eigenvalue weighted by Crippen LogP contribution is -2.43. The zero-order chi connectivity index (χ0) is 16.5. The van der Waals surface area contributed by atoms with Gasteiger partial charge >= 0.3 is 0 Å². The number of carbonyl (C=O) groups excluding carboxylic acids is 1. The van der Waals surface area contributed by atoms with Gasteiger partial charge in [-0.2, -0.15) is 11.8 Å². The monoisotopic (exact) mass is 401 g/mol. The lowest BCUT2D eigenvalue weighted by molar-refractivity contribution is -0.121. The highest BCUT2D eigenvalue weighted by Gasteiger charge is 2.19. The van der Waals surface area contributed by atoms with E-state index in [1.165, 1.54) is 0 Å². The molecule has 3 N–H and O–H groups in total. The van der Waals surface area contributed by atoms with Gasteiger partial charge in [-0.15, -0.1) is 12.4 Å². The van der Waals surface area contributed by atoms with Crippen LogP contribution < -0.4 is 15.4 Å². The first kappa shape index (κ1) is 22.0. The van der Waals surface area contributed by atoms with Crippen molar-refractivity contribution in [3.05, 3.63) is 0 Å². The first-order valence-electron chi connectivity index (χ1n) is 8.22. The maximum atomic E-state index is 11.9. The molecule has 2 fully saturated rings. The molecule has 0 spiro atoms. The summed E-state index contributed by atoms with van der Waals surface area (Å²) in [4.78, 5) is 11.8. The van der Waals surface area contributed by atoms with Crippen LogP contribution in [0.4, 0.5) is 0 Å². The fourth-order valence-corrected chi connectivity index (χ4v) is 4.54. The summed E-state index contributed by atoms with van der Waals surface area (Å²) in [6.07, 6.45) is 3.39. The molecule has 2 heterocycles. The Labute approximate surface area is 154 Å². The highest BCUT2D eigenvalue weighted by atomic mass is 35.5. The Morgan fingerprint density at radius 3 is 2.83 bits per heavy atom. The Bertz CT molecular complexity index is 467. The summed E-state index contributed by atoms with van der Waals surface area (Å²) >= 11 is 1.83. The minimum atomic E-state index is -3.37. The number of hydrogen-bond acceptors (Lipinski definition) is 6. The fraction of sp³-hybridized carbons (Fsp3) is 0.929. The molecule has 2 aliphatic heterocycles. The van der Waals surface area contributed by atoms with Gasteiger partial charge in [0.15, 0.2) is 0 Å². The van der Waals surface area contributed by atoms with Crippen molar-refractivity contribution < 1.29 is 17.9 Å². The lowest BCUT2D eigenvalue weighted by atomic mass is 10.1. The first-order chi connectivity index (χ1) is 11.1. The SMILES string of the molecule is Cl.O=C(CC1CSCCN1)NCCS(=O)(=O)NCC1CCCCO1. The van der Waals surface area contributed by atoms with E-state index in [0.29, 0.717) is 19.6 Å². The lowest BCUT2D eigenvalue weighted by Gasteiger charge is -2.23. The van der Waals surface area contributed by atoms with Crippen LogP contribution in [0, 0.1) is 0 Å². The molecule has 142 valence electrons. The molecule has 24 heavy (non-hydrogen) atoms. The Hall–Kier alpha value is -0.0600. The van der Waals surface area contributed by atoms with Gasteiger partial charge in [0.25, 0.3) is 0 Å². The molecule has 7 nitrogen and oxygen atoms in total. The molecule has 10 heteroatoms. The van der Waals surface area contributed by atoms with Crippen molar-refractivity contribution in [1.82, 2.24) is 15.4 Å². The van der Waals surface area contributed by atoms with Gasteiger partial charge in [0.1, 0.15) is 0 Å². The first-order valence-corrected chi connectivity index (χ1v) is 11.0. The number of sulfonamides is 1. The normalized spacial score (nSPS) is 24.8. The third kappa shape index (κ3) is 8.87. The van der Waals surface area contributed by atoms with E-state index >= 15 is 0 Å². The number of ether oxygens (including phenoxy) is 1. The van der Waals surface area contributed by atoms with Crippen LogP contribution in [0.3, 0.4) is 0 Å². The van der Waals surface area contributed by atoms with Crippen LogP contribution in [0.25, 0.3) is 0 Å². The molecule has 2 aliphatic rings. The number of hydrogen-bond donors (Lipinski definition) is 3. The molecule has 1 amide bonds. The third-order valence-electron chi connectivity index (χ3n) is 3.93. The van der Waals surface area contributed by atoms with Gasteiger partial charge in [0.2, 0.25) is 15.9 Å². The Balaban J connectivity index is 0.00000288. The van der Waals surface area contributed by atoms with Crippen molar-refractivity contribution in [2.24, 2.45) is 0 Å². The number of carbonyl (C=O) groups is 1. The van der Waals surface area contributed by atoms with E-state index in [2.05, 4.69) is 15.4 Å². The maximum Gasteiger partial charge on any atom is 0.221 e. The van der Waals surface area contributed by atoms with E-state index in [0.717, 1.165) is 37.3 Å². The molecule has 2 rings (SSSR count). The summed E-state index contributed by atoms with van der Waals surface area (Å²) in [6.45, 7) is 2.08. The van der Waals surface area contributed by atoms with Crippen molar-refractivity contribution in [3.8, 4) is 0 Å². The van der Waals surface area contributed by atoms with E-state index in [1.807, 2.05) is 11.8 Å². The third-order valence-corrected chi connectivity index (χ3v) is 6.41. The molecule has 2 saturated heterocycles. The number of thioether (sulfide) groups is 1. The van der Waals surface area contributed by atoms with Crippen molar-refractivity contribution in [1.29, 1.82) is 0 Å². The molecule has 2 atom stereocenters. The van der Waals surface area contributed by atoms with Gasteiger partial charge in [0.05, 0.1) is 11.9 Å². The van der Waals surface area contributed by atoms with E-state index in [-0.39, 0.29) is 42.8 Å². The predicted octanol–water partition coefficient (Wildman–Crippen LogP) is 0.108. The van der Waals surface area contributed by atoms with Gasteiger partial charge in [-0.25, -0.2) is 13.1 Å². The predicted molar refractivity (Wildman–Crippen MR) is 99.4 cm³/mol. The quantitative estimate of drug-likeness (QED) is 0.534. The topological polar surface area (TPSA) is 96.5 Å². The molecule has 0 aromatic carbocycles. The molecule has 0 saturated carbocycles. The summed E-state index contributed by atoms with van der Waals surface area (Å²) in [6, 6.07) is 0.187. The van der Waals surface area contributed by atoms with Gasteiger partial charge in [-0.3, -0.25) is 4.79 Å². The zero-order valence-corrected chi connectivity index (χ0v) is 16.2. The van der Waals surface area contributed by atoms with Gasteiger partial charge < -0.3 is 15.4 Å². The van der Waals surface area contributed by atoms with Crippen LogP contribution in [0.2, 0.25) is 0 Å². The Kier molecular flexibility index (Phi) is 10.6. The van der Waals surface area contributed by atoms with Gasteiger partial charge in [0, 0.05) is 50.2 Å². The minimum Gasteiger partial charge on any atom is -0.377 e. The van der Waals surface area contributed by atoms with Crippen LogP contribution in [-0.2, 0) is 19.6 Å². The average Bonchev–Trinajstić information content (AvgIpc) is 2.55. The van der Waals surface area contributed by atoms with Crippen LogP contribution >= 0.6 is 24.2 Å². The Morgan fingerprint density at radius 2 is 2.17 bits per heavy atom. The van der Waals surface area contributed by atoms with E-state index in [9.17, 15) is 13.2 Å². The smallest absolute Gasteiger partial charge is 0.221 e. The molecule has 0 aromatic rings. The van der Waals surface area contributed by atoms with Crippen molar-refractivity contribution in [2.45, 2.75) is 37.8 Å². The maximum absolute atomic E-state index is 11.9. The second kappa shape index (κ2) is 11.5. The summed E-state index contributed by atoms with van der Waals surface area (Å²) in [5.74, 6) is 1.80. The van der Waals surface area contributed by atoms with E-state index in [1.54, 1.807) is 0 Å². The van der Waals surface area contributed by atoms with Crippen LogP contribution in [0.5, 0.6) is 0 Å². The number of nitrogens with one attached hydrogen (secondary N) is 3. The molecule has 0 aliphatic carbocycles. The highest BCUT2D eigenvalue weighted by molar-refractivity contribution is 7.99. The second-order valence-corrected chi connectivity index (χ2v) is 9.01. The van der Waals surface area contributed by atoms with Crippen molar-refractivity contribution in [2.75, 3.05) is 43.5 Å². The van der Waals surface area contributed by atoms with Gasteiger partial charge in [-0.1, -0.05) is 0 Å². The number of halogens is 1. The average molecular weight is 402 g/mol. The van der Waals surface area contributed by atoms with Crippen LogP contribution in [0.1, 0.15) is 25.7 Å².